The molecule has 0 aromatic heterocycles. The van der Waals surface area contributed by atoms with E-state index in [2.05, 4.69) is 11.2 Å². The van der Waals surface area contributed by atoms with Gasteiger partial charge in [-0.3, -0.25) is 9.80 Å². The lowest BCUT2D eigenvalue weighted by atomic mass is 9.98. The molecule has 22 heavy (non-hydrogen) atoms. The van der Waals surface area contributed by atoms with Crippen molar-refractivity contribution in [3.8, 4) is 6.07 Å². The minimum atomic E-state index is 0.0593. The summed E-state index contributed by atoms with van der Waals surface area (Å²) in [5.74, 6) is 0.159. The van der Waals surface area contributed by atoms with Gasteiger partial charge in [0.1, 0.15) is 0 Å². The molecule has 0 aliphatic carbocycles. The molecule has 3 rings (SSSR count). The first-order valence-electron chi connectivity index (χ1n) is 7.78. The Labute approximate surface area is 130 Å². The molecule has 0 saturated carbocycles. The molecule has 0 spiro atoms. The molecule has 0 bridgehead atoms. The van der Waals surface area contributed by atoms with Crippen LogP contribution in [0.1, 0.15) is 36.5 Å². The summed E-state index contributed by atoms with van der Waals surface area (Å²) in [6.07, 6.45) is 2.55. The van der Waals surface area contributed by atoms with E-state index in [1.807, 2.05) is 41.1 Å². The van der Waals surface area contributed by atoms with Crippen LogP contribution in [0.4, 0.5) is 5.69 Å². The van der Waals surface area contributed by atoms with Crippen LogP contribution >= 0.6 is 0 Å². The van der Waals surface area contributed by atoms with E-state index in [1.165, 1.54) is 0 Å². The van der Waals surface area contributed by atoms with Crippen molar-refractivity contribution in [2.24, 2.45) is 11.0 Å². The Kier molecular flexibility index (Phi) is 4.10. The monoisotopic (exact) mass is 296 g/mol. The molecule has 2 aliphatic rings. The lowest BCUT2D eigenvalue weighted by molar-refractivity contribution is 0.0707. The van der Waals surface area contributed by atoms with Crippen molar-refractivity contribution in [2.75, 3.05) is 24.6 Å². The number of carbonyl (C=O) groups is 1. The average Bonchev–Trinajstić information content (AvgIpc) is 3.01. The first kappa shape index (κ1) is 14.6. The fourth-order valence-corrected chi connectivity index (χ4v) is 2.93. The van der Waals surface area contributed by atoms with Gasteiger partial charge in [0.15, 0.2) is 0 Å². The summed E-state index contributed by atoms with van der Waals surface area (Å²) in [4.78, 5) is 14.3. The maximum atomic E-state index is 12.5. The number of nitriles is 1. The van der Waals surface area contributed by atoms with Crippen LogP contribution in [-0.4, -0.2) is 36.2 Å². The Morgan fingerprint density at radius 2 is 1.91 bits per heavy atom. The Balaban J connectivity index is 1.65. The van der Waals surface area contributed by atoms with Crippen LogP contribution in [0, 0.1) is 17.2 Å². The number of likely N-dealkylation sites (tertiary alicyclic amines) is 1. The minimum Gasteiger partial charge on any atom is -0.339 e. The van der Waals surface area contributed by atoms with Crippen LogP contribution in [0.3, 0.4) is 0 Å². The van der Waals surface area contributed by atoms with Gasteiger partial charge >= 0.3 is 0 Å². The topological polar surface area (TPSA) is 59.7 Å². The van der Waals surface area contributed by atoms with E-state index in [0.29, 0.717) is 18.7 Å². The van der Waals surface area contributed by atoms with Gasteiger partial charge in [0, 0.05) is 43.2 Å². The standard InChI is InChI=1S/C17H20N4O/c1-13-6-11-21(19-13)16-4-2-15(3-5-16)17(22)20-9-7-14(12-18)8-10-20/h2-5,14H,6-11H2,1H3. The summed E-state index contributed by atoms with van der Waals surface area (Å²) in [6, 6.07) is 9.95. The van der Waals surface area contributed by atoms with Gasteiger partial charge in [0.2, 0.25) is 0 Å². The van der Waals surface area contributed by atoms with E-state index in [4.69, 9.17) is 5.26 Å². The zero-order chi connectivity index (χ0) is 15.5. The maximum Gasteiger partial charge on any atom is 0.253 e. The number of carbonyl (C=O) groups excluding carboxylic acids is 1. The number of hydrogen-bond donors (Lipinski definition) is 0. The molecular weight excluding hydrogens is 276 g/mol. The fourth-order valence-electron chi connectivity index (χ4n) is 2.93. The fraction of sp³-hybridized carbons (Fsp3) is 0.471. The van der Waals surface area contributed by atoms with E-state index in [1.54, 1.807) is 0 Å². The van der Waals surface area contributed by atoms with Crippen LogP contribution in [-0.2, 0) is 0 Å². The third-order valence-corrected chi connectivity index (χ3v) is 4.35. The lowest BCUT2D eigenvalue weighted by Crippen LogP contribution is -2.38. The number of piperidine rings is 1. The van der Waals surface area contributed by atoms with Crippen molar-refractivity contribution in [1.29, 1.82) is 5.26 Å². The molecule has 5 nitrogen and oxygen atoms in total. The average molecular weight is 296 g/mol. The highest BCUT2D eigenvalue weighted by molar-refractivity contribution is 5.94. The SMILES string of the molecule is CC1=NN(c2ccc(C(=O)N3CCC(C#N)CC3)cc2)CC1. The van der Waals surface area contributed by atoms with E-state index in [9.17, 15) is 4.79 Å². The second kappa shape index (κ2) is 6.18. The number of rotatable bonds is 2. The summed E-state index contributed by atoms with van der Waals surface area (Å²) in [5, 5.41) is 15.4. The molecule has 0 unspecified atom stereocenters. The highest BCUT2D eigenvalue weighted by Crippen LogP contribution is 2.22. The number of hydrogen-bond acceptors (Lipinski definition) is 4. The number of hydrazone groups is 1. The predicted octanol–water partition coefficient (Wildman–Crippen LogP) is 2.65. The smallest absolute Gasteiger partial charge is 0.253 e. The van der Waals surface area contributed by atoms with Gasteiger partial charge in [-0.2, -0.15) is 10.4 Å². The first-order chi connectivity index (χ1) is 10.7. The number of amides is 1. The normalized spacial score (nSPS) is 19.0. The van der Waals surface area contributed by atoms with Crippen molar-refractivity contribution >= 4 is 17.3 Å². The van der Waals surface area contributed by atoms with Gasteiger partial charge in [0.25, 0.3) is 5.91 Å². The van der Waals surface area contributed by atoms with Gasteiger partial charge < -0.3 is 4.90 Å². The van der Waals surface area contributed by atoms with Crippen molar-refractivity contribution < 1.29 is 4.79 Å². The Hall–Kier alpha value is -2.35. The van der Waals surface area contributed by atoms with Crippen molar-refractivity contribution in [2.45, 2.75) is 26.2 Å². The van der Waals surface area contributed by atoms with Crippen LogP contribution in [0.15, 0.2) is 29.4 Å². The van der Waals surface area contributed by atoms with Gasteiger partial charge in [-0.05, 0) is 44.0 Å². The summed E-state index contributed by atoms with van der Waals surface area (Å²) < 4.78 is 0. The molecule has 0 N–H and O–H groups in total. The van der Waals surface area contributed by atoms with E-state index >= 15 is 0 Å². The van der Waals surface area contributed by atoms with Crippen LogP contribution in [0.25, 0.3) is 0 Å². The molecule has 2 aliphatic heterocycles. The first-order valence-corrected chi connectivity index (χ1v) is 7.78. The summed E-state index contributed by atoms with van der Waals surface area (Å²) in [7, 11) is 0. The summed E-state index contributed by atoms with van der Waals surface area (Å²) in [5.41, 5.74) is 2.87. The molecule has 0 radical (unpaired) electrons. The Morgan fingerprint density at radius 1 is 1.23 bits per heavy atom. The second-order valence-corrected chi connectivity index (χ2v) is 5.95. The van der Waals surface area contributed by atoms with Gasteiger partial charge in [-0.15, -0.1) is 0 Å². The maximum absolute atomic E-state index is 12.5. The largest absolute Gasteiger partial charge is 0.339 e. The van der Waals surface area contributed by atoms with Gasteiger partial charge in [0.05, 0.1) is 11.8 Å². The van der Waals surface area contributed by atoms with Gasteiger partial charge in [-0.25, -0.2) is 0 Å². The molecule has 1 fully saturated rings. The highest BCUT2D eigenvalue weighted by Gasteiger charge is 2.23. The molecule has 114 valence electrons. The zero-order valence-electron chi connectivity index (χ0n) is 12.8. The molecule has 1 saturated heterocycles. The predicted molar refractivity (Wildman–Crippen MR) is 85.8 cm³/mol. The molecule has 5 heteroatoms. The summed E-state index contributed by atoms with van der Waals surface area (Å²) >= 11 is 0. The quantitative estimate of drug-likeness (QED) is 0.843. The van der Waals surface area contributed by atoms with Crippen LogP contribution in [0.2, 0.25) is 0 Å². The third-order valence-electron chi connectivity index (χ3n) is 4.35. The van der Waals surface area contributed by atoms with Gasteiger partial charge in [-0.1, -0.05) is 0 Å². The van der Waals surface area contributed by atoms with E-state index in [-0.39, 0.29) is 11.8 Å². The van der Waals surface area contributed by atoms with Crippen LogP contribution in [0.5, 0.6) is 0 Å². The minimum absolute atomic E-state index is 0.0593. The Morgan fingerprint density at radius 3 is 2.45 bits per heavy atom. The number of nitrogens with zero attached hydrogens (tertiary/aromatic N) is 4. The Bertz CT molecular complexity index is 621. The molecular formula is C17H20N4O. The highest BCUT2D eigenvalue weighted by atomic mass is 16.2. The molecule has 1 aromatic rings. The summed E-state index contributed by atoms with van der Waals surface area (Å²) in [6.45, 7) is 4.28. The molecule has 1 amide bonds. The van der Waals surface area contributed by atoms with Crippen molar-refractivity contribution in [3.63, 3.8) is 0 Å². The van der Waals surface area contributed by atoms with Crippen LogP contribution < -0.4 is 5.01 Å². The number of anilines is 1. The zero-order valence-corrected chi connectivity index (χ0v) is 12.8. The molecule has 1 aromatic carbocycles. The van der Waals surface area contributed by atoms with Crippen molar-refractivity contribution in [1.82, 2.24) is 4.90 Å². The number of benzene rings is 1. The van der Waals surface area contributed by atoms with E-state index < -0.39 is 0 Å². The lowest BCUT2D eigenvalue weighted by Gasteiger charge is -2.29. The third kappa shape index (κ3) is 2.96. The van der Waals surface area contributed by atoms with E-state index in [0.717, 1.165) is 37.2 Å². The molecule has 2 heterocycles. The second-order valence-electron chi connectivity index (χ2n) is 5.95. The van der Waals surface area contributed by atoms with Crippen molar-refractivity contribution in [3.05, 3.63) is 29.8 Å². The molecule has 0 atom stereocenters.